The van der Waals surface area contributed by atoms with Crippen molar-refractivity contribution in [3.05, 3.63) is 118 Å². The molecule has 19 nitrogen and oxygen atoms in total. The van der Waals surface area contributed by atoms with E-state index >= 15 is 0 Å². The highest BCUT2D eigenvalue weighted by atomic mass is 16.5. The fraction of sp³-hybridized carbons (Fsp3) is 0.261. The molecule has 0 atom stereocenters. The summed E-state index contributed by atoms with van der Waals surface area (Å²) in [5.41, 5.74) is 23.8. The Balaban J connectivity index is 0.000000699. The number of allylic oxidation sites excluding steroid dienone is 1. The predicted molar refractivity (Wildman–Crippen MR) is 253 cm³/mol. The first-order chi connectivity index (χ1) is 31.2. The third kappa shape index (κ3) is 11.8. The number of hydrogen-bond donors (Lipinski definition) is 5. The van der Waals surface area contributed by atoms with Gasteiger partial charge < -0.3 is 46.8 Å². The van der Waals surface area contributed by atoms with E-state index < -0.39 is 11.8 Å². The second-order valence-corrected chi connectivity index (χ2v) is 14.4. The minimum atomic E-state index is -0.658. The molecule has 6 aromatic rings. The number of fused-ring (bicyclic) bond motifs is 1. The van der Waals surface area contributed by atoms with Crippen molar-refractivity contribution < 1.29 is 28.7 Å². The predicted octanol–water partition coefficient (Wildman–Crippen LogP) is 5.29. The first-order valence-corrected chi connectivity index (χ1v) is 20.6. The Hall–Kier alpha value is -8.22. The van der Waals surface area contributed by atoms with E-state index in [0.717, 1.165) is 29.8 Å². The van der Waals surface area contributed by atoms with E-state index in [2.05, 4.69) is 32.5 Å². The van der Waals surface area contributed by atoms with Crippen molar-refractivity contribution in [2.45, 2.75) is 47.3 Å². The number of imidazole rings is 1. The average molecular weight is 886 g/mol. The summed E-state index contributed by atoms with van der Waals surface area (Å²) >= 11 is 0. The number of benzene rings is 3. The zero-order valence-electron chi connectivity index (χ0n) is 37.4. The quantitative estimate of drug-likeness (QED) is 0.0216. The normalized spacial score (nSPS) is 11.0. The van der Waals surface area contributed by atoms with Crippen LogP contribution in [0.15, 0.2) is 83.9 Å². The smallest absolute Gasteiger partial charge is 0.270 e. The summed E-state index contributed by atoms with van der Waals surface area (Å²) in [5.74, 6) is -0.351. The lowest BCUT2D eigenvalue weighted by atomic mass is 10.1. The number of anilines is 3. The Morgan fingerprint density at radius 2 is 1.60 bits per heavy atom. The van der Waals surface area contributed by atoms with Crippen molar-refractivity contribution in [2.75, 3.05) is 49.9 Å². The van der Waals surface area contributed by atoms with E-state index in [1.165, 1.54) is 19.2 Å². The lowest BCUT2D eigenvalue weighted by Crippen LogP contribution is -2.39. The van der Waals surface area contributed by atoms with Gasteiger partial charge in [0.1, 0.15) is 40.7 Å². The number of aromatic nitrogens is 6. The van der Waals surface area contributed by atoms with Crippen molar-refractivity contribution in [3.63, 3.8) is 0 Å². The standard InChI is InChI=1S/C39H45N11O5.C7H10N2O/c1-6-50-31(17-24(2)47-50)38(53)45-23-48(34-29(43-3)19-26(36(41)51)21-32(34)54-5)14-7-8-15-49-35-30(46-39(49)44-4)20-27(37(42)52)22-33(35)55-16-10-12-25-11-9-13-28(40)18-25;1-3-9-7(5-10)4-6(2)8-9/h7-13,17-22H,3,6,14-16,23,40H2,1-2,4-5H3,(H2,41,51)(H2,42,52)(H,44,46)(H,45,53);4-5H,3H2,1-2H3/b8-7+,12-10+;. The van der Waals surface area contributed by atoms with Gasteiger partial charge in [-0.1, -0.05) is 30.4 Å². The van der Waals surface area contributed by atoms with Gasteiger partial charge in [0.15, 0.2) is 6.29 Å². The van der Waals surface area contributed by atoms with Gasteiger partial charge in [0, 0.05) is 50.0 Å². The van der Waals surface area contributed by atoms with E-state index in [1.54, 1.807) is 40.7 Å². The van der Waals surface area contributed by atoms with Crippen molar-refractivity contribution in [3.8, 4) is 11.5 Å². The molecule has 3 amide bonds. The Morgan fingerprint density at radius 3 is 2.23 bits per heavy atom. The van der Waals surface area contributed by atoms with E-state index in [1.807, 2.05) is 85.7 Å². The maximum absolute atomic E-state index is 13.4. The number of aryl methyl sites for hydroxylation is 4. The maximum atomic E-state index is 13.4. The largest absolute Gasteiger partial charge is 0.494 e. The Labute approximate surface area is 376 Å². The molecule has 0 saturated heterocycles. The van der Waals surface area contributed by atoms with Crippen LogP contribution in [0.25, 0.3) is 17.1 Å². The van der Waals surface area contributed by atoms with Crippen molar-refractivity contribution in [2.24, 2.45) is 16.5 Å². The Bertz CT molecular complexity index is 2750. The van der Waals surface area contributed by atoms with Crippen LogP contribution in [0.2, 0.25) is 0 Å². The highest BCUT2D eigenvalue weighted by Crippen LogP contribution is 2.39. The summed E-state index contributed by atoms with van der Waals surface area (Å²) in [7, 11) is 3.21. The number of rotatable bonds is 20. The van der Waals surface area contributed by atoms with Crippen LogP contribution in [0.5, 0.6) is 11.5 Å². The van der Waals surface area contributed by atoms with Gasteiger partial charge in [-0.3, -0.25) is 33.5 Å². The summed E-state index contributed by atoms with van der Waals surface area (Å²) in [6.07, 6.45) is 8.38. The number of aliphatic imine (C=N–C) groups is 1. The molecule has 340 valence electrons. The molecule has 0 unspecified atom stereocenters. The lowest BCUT2D eigenvalue weighted by Gasteiger charge is -2.27. The number of primary amides is 2. The minimum absolute atomic E-state index is 0.0264. The van der Waals surface area contributed by atoms with Gasteiger partial charge in [-0.15, -0.1) is 0 Å². The molecule has 0 spiro atoms. The molecular formula is C46H55N13O6. The molecule has 8 N–H and O–H groups in total. The summed E-state index contributed by atoms with van der Waals surface area (Å²) in [6.45, 7) is 13.3. The van der Waals surface area contributed by atoms with Crippen molar-refractivity contribution in [1.82, 2.24) is 34.4 Å². The highest BCUT2D eigenvalue weighted by Gasteiger charge is 2.22. The van der Waals surface area contributed by atoms with E-state index in [0.29, 0.717) is 70.0 Å². The monoisotopic (exact) mass is 885 g/mol. The van der Waals surface area contributed by atoms with Crippen LogP contribution in [0.4, 0.5) is 23.0 Å². The SMILES string of the molecule is C=Nc1cc(C(N)=O)cc(OC)c1N(C/C=C/Cn1c(NC)nc2cc(C(N)=O)cc(OC/C=C/c3cccc(N)c3)c21)CNC(=O)c1cc(C)nn1CC.CCn1nc(C)cc1C=O. The fourth-order valence-electron chi connectivity index (χ4n) is 6.92. The Kier molecular flexibility index (Phi) is 16.4. The number of nitrogens with two attached hydrogens (primary N) is 3. The van der Waals surface area contributed by atoms with Gasteiger partial charge in [-0.2, -0.15) is 10.2 Å². The van der Waals surface area contributed by atoms with Crippen LogP contribution >= 0.6 is 0 Å². The number of methoxy groups -OCH3 is 1. The van der Waals surface area contributed by atoms with Gasteiger partial charge in [-0.25, -0.2) is 4.98 Å². The molecule has 6 rings (SSSR count). The molecule has 0 aliphatic heterocycles. The number of hydrogen-bond acceptors (Lipinski definition) is 13. The molecule has 65 heavy (non-hydrogen) atoms. The van der Waals surface area contributed by atoms with Crippen LogP contribution in [0.1, 0.15) is 72.5 Å². The van der Waals surface area contributed by atoms with Gasteiger partial charge in [0.25, 0.3) is 5.91 Å². The molecule has 0 fully saturated rings. The molecule has 0 aliphatic rings. The molecule has 3 aromatic carbocycles. The number of carbonyl (C=O) groups excluding carboxylic acids is 4. The second-order valence-electron chi connectivity index (χ2n) is 14.4. The molecule has 0 bridgehead atoms. The summed E-state index contributed by atoms with van der Waals surface area (Å²) in [6, 6.07) is 17.2. The molecular weight excluding hydrogens is 831 g/mol. The summed E-state index contributed by atoms with van der Waals surface area (Å²) < 4.78 is 17.1. The van der Waals surface area contributed by atoms with E-state index in [9.17, 15) is 19.2 Å². The lowest BCUT2D eigenvalue weighted by molar-refractivity contribution is 0.0941. The zero-order valence-corrected chi connectivity index (χ0v) is 37.4. The molecule has 19 heteroatoms. The van der Waals surface area contributed by atoms with Gasteiger partial charge in [0.2, 0.25) is 17.8 Å². The number of nitrogens with one attached hydrogen (secondary N) is 2. The van der Waals surface area contributed by atoms with Crippen molar-refractivity contribution in [1.29, 1.82) is 0 Å². The highest BCUT2D eigenvalue weighted by molar-refractivity contribution is 5.99. The van der Waals surface area contributed by atoms with Crippen LogP contribution < -0.4 is 42.2 Å². The average Bonchev–Trinajstić information content (AvgIpc) is 4.00. The summed E-state index contributed by atoms with van der Waals surface area (Å²) in [4.78, 5) is 58.8. The molecule has 0 radical (unpaired) electrons. The third-order valence-corrected chi connectivity index (χ3v) is 9.92. The number of nitrogen functional groups attached to an aromatic ring is 1. The van der Waals surface area contributed by atoms with Gasteiger partial charge in [0.05, 0.1) is 36.4 Å². The second kappa shape index (κ2) is 22.2. The molecule has 0 saturated carbocycles. The van der Waals surface area contributed by atoms with Crippen LogP contribution in [0, 0.1) is 13.8 Å². The molecule has 3 aromatic heterocycles. The van der Waals surface area contributed by atoms with E-state index in [4.69, 9.17) is 31.7 Å². The van der Waals surface area contributed by atoms with Crippen LogP contribution in [0.3, 0.4) is 0 Å². The van der Waals surface area contributed by atoms with E-state index in [-0.39, 0.29) is 36.9 Å². The van der Waals surface area contributed by atoms with Gasteiger partial charge >= 0.3 is 0 Å². The first-order valence-electron chi connectivity index (χ1n) is 20.6. The number of aldehydes is 1. The number of amides is 3. The fourth-order valence-corrected chi connectivity index (χ4v) is 6.92. The number of carbonyl (C=O) groups is 4. The van der Waals surface area contributed by atoms with Gasteiger partial charge in [-0.05, 0) is 94.6 Å². The number of ether oxygens (including phenoxy) is 2. The maximum Gasteiger partial charge on any atom is 0.270 e. The zero-order chi connectivity index (χ0) is 47.2. The third-order valence-electron chi connectivity index (χ3n) is 9.92. The topological polar surface area (TPSA) is 258 Å². The van der Waals surface area contributed by atoms with Crippen LogP contribution in [-0.4, -0.2) is 93.8 Å². The number of nitrogens with zero attached hydrogens (tertiary/aromatic N) is 8. The van der Waals surface area contributed by atoms with Crippen molar-refractivity contribution >= 4 is 70.8 Å². The Morgan fingerprint density at radius 1 is 0.908 bits per heavy atom. The van der Waals surface area contributed by atoms with Crippen LogP contribution in [-0.2, 0) is 19.6 Å². The molecule has 0 aliphatic carbocycles. The first kappa shape index (κ1) is 47.8. The summed E-state index contributed by atoms with van der Waals surface area (Å²) in [5, 5.41) is 14.6. The molecule has 3 heterocycles. The minimum Gasteiger partial charge on any atom is -0.494 e.